The molecule has 104 valence electrons. The second-order valence-electron chi connectivity index (χ2n) is 5.33. The quantitative estimate of drug-likeness (QED) is 0.759. The lowest BCUT2D eigenvalue weighted by Gasteiger charge is -2.37. The highest BCUT2D eigenvalue weighted by molar-refractivity contribution is 5.81. The lowest BCUT2D eigenvalue weighted by Crippen LogP contribution is -2.52. The zero-order chi connectivity index (χ0) is 13.0. The van der Waals surface area contributed by atoms with Crippen LogP contribution in [0.5, 0.6) is 0 Å². The van der Waals surface area contributed by atoms with Gasteiger partial charge in [0.2, 0.25) is 0 Å². The Labute approximate surface area is 111 Å². The number of rotatable bonds is 4. The first-order valence-electron chi connectivity index (χ1n) is 7.16. The molecule has 1 unspecified atom stereocenters. The number of piperazine rings is 1. The fourth-order valence-electron chi connectivity index (χ4n) is 2.61. The Morgan fingerprint density at radius 3 is 2.50 bits per heavy atom. The van der Waals surface area contributed by atoms with E-state index in [4.69, 9.17) is 0 Å². The summed E-state index contributed by atoms with van der Waals surface area (Å²) in [6.45, 7) is 13.5. The Bertz CT molecular complexity index is 283. The molecule has 1 atom stereocenters. The average molecular weight is 253 g/mol. The van der Waals surface area contributed by atoms with Gasteiger partial charge in [0.25, 0.3) is 0 Å². The van der Waals surface area contributed by atoms with Crippen molar-refractivity contribution in [1.82, 2.24) is 20.0 Å². The lowest BCUT2D eigenvalue weighted by molar-refractivity contribution is 0.107. The second kappa shape index (κ2) is 6.38. The summed E-state index contributed by atoms with van der Waals surface area (Å²) in [5.41, 5.74) is 0. The zero-order valence-corrected chi connectivity index (χ0v) is 12.0. The van der Waals surface area contributed by atoms with E-state index in [-0.39, 0.29) is 0 Å². The molecule has 1 saturated heterocycles. The van der Waals surface area contributed by atoms with Gasteiger partial charge in [-0.3, -0.25) is 9.89 Å². The average Bonchev–Trinajstić information content (AvgIpc) is 2.81. The predicted octanol–water partition coefficient (Wildman–Crippen LogP) is -0.0966. The SMILES string of the molecule is CCN1CCN(C(C)CNC2=NCCN2C)CC1. The molecule has 1 N–H and O–H groups in total. The van der Waals surface area contributed by atoms with Crippen LogP contribution in [0.25, 0.3) is 0 Å². The molecule has 0 saturated carbocycles. The molecular formula is C13H27N5. The highest BCUT2D eigenvalue weighted by atomic mass is 15.3. The molecule has 0 aromatic heterocycles. The number of nitrogens with one attached hydrogen (secondary N) is 1. The van der Waals surface area contributed by atoms with Crippen LogP contribution in [0.15, 0.2) is 4.99 Å². The summed E-state index contributed by atoms with van der Waals surface area (Å²) in [7, 11) is 2.10. The van der Waals surface area contributed by atoms with Crippen molar-refractivity contribution >= 4 is 5.96 Å². The summed E-state index contributed by atoms with van der Waals surface area (Å²) < 4.78 is 0. The summed E-state index contributed by atoms with van der Waals surface area (Å²) in [5, 5.41) is 3.47. The summed E-state index contributed by atoms with van der Waals surface area (Å²) in [5.74, 6) is 1.06. The first-order chi connectivity index (χ1) is 8.70. The van der Waals surface area contributed by atoms with Crippen molar-refractivity contribution in [1.29, 1.82) is 0 Å². The van der Waals surface area contributed by atoms with Crippen LogP contribution in [-0.2, 0) is 0 Å². The molecule has 5 heteroatoms. The summed E-state index contributed by atoms with van der Waals surface area (Å²) >= 11 is 0. The maximum Gasteiger partial charge on any atom is 0.193 e. The van der Waals surface area contributed by atoms with Gasteiger partial charge in [-0.15, -0.1) is 0 Å². The molecular weight excluding hydrogens is 226 g/mol. The molecule has 18 heavy (non-hydrogen) atoms. The van der Waals surface area contributed by atoms with E-state index in [2.05, 4.69) is 45.9 Å². The predicted molar refractivity (Wildman–Crippen MR) is 76.1 cm³/mol. The Hall–Kier alpha value is -0.810. The van der Waals surface area contributed by atoms with Gasteiger partial charge >= 0.3 is 0 Å². The number of guanidine groups is 1. The van der Waals surface area contributed by atoms with Crippen LogP contribution in [0.4, 0.5) is 0 Å². The largest absolute Gasteiger partial charge is 0.355 e. The maximum absolute atomic E-state index is 4.46. The molecule has 1 fully saturated rings. The van der Waals surface area contributed by atoms with Crippen LogP contribution >= 0.6 is 0 Å². The third-order valence-corrected chi connectivity index (χ3v) is 4.09. The van der Waals surface area contributed by atoms with Gasteiger partial charge in [-0.25, -0.2) is 0 Å². The molecule has 0 aliphatic carbocycles. The first-order valence-corrected chi connectivity index (χ1v) is 7.16. The summed E-state index contributed by atoms with van der Waals surface area (Å²) in [4.78, 5) is 11.8. The van der Waals surface area contributed by atoms with Crippen LogP contribution < -0.4 is 5.32 Å². The number of hydrogen-bond acceptors (Lipinski definition) is 5. The number of hydrogen-bond donors (Lipinski definition) is 1. The van der Waals surface area contributed by atoms with E-state index in [1.54, 1.807) is 0 Å². The standard InChI is InChI=1S/C13H27N5/c1-4-17-7-9-18(10-8-17)12(2)11-15-13-14-5-6-16(13)3/h12H,4-11H2,1-3H3,(H,14,15). The van der Waals surface area contributed by atoms with E-state index >= 15 is 0 Å². The monoisotopic (exact) mass is 253 g/mol. The van der Waals surface area contributed by atoms with Crippen molar-refractivity contribution in [2.75, 3.05) is 59.4 Å². The van der Waals surface area contributed by atoms with Gasteiger partial charge in [-0.05, 0) is 13.5 Å². The lowest BCUT2D eigenvalue weighted by atomic mass is 10.2. The minimum atomic E-state index is 0.584. The molecule has 0 aromatic carbocycles. The third-order valence-electron chi connectivity index (χ3n) is 4.09. The van der Waals surface area contributed by atoms with Crippen LogP contribution in [-0.4, -0.2) is 86.1 Å². The Balaban J connectivity index is 1.70. The minimum absolute atomic E-state index is 0.584. The van der Waals surface area contributed by atoms with Crippen molar-refractivity contribution in [3.8, 4) is 0 Å². The summed E-state index contributed by atoms with van der Waals surface area (Å²) in [6, 6.07) is 0.584. The van der Waals surface area contributed by atoms with E-state index in [0.717, 1.165) is 25.6 Å². The van der Waals surface area contributed by atoms with E-state index in [1.807, 2.05) is 0 Å². The normalized spacial score (nSPS) is 24.2. The molecule has 0 aromatic rings. The Morgan fingerprint density at radius 2 is 1.94 bits per heavy atom. The Morgan fingerprint density at radius 1 is 1.22 bits per heavy atom. The highest BCUT2D eigenvalue weighted by Crippen LogP contribution is 2.06. The van der Waals surface area contributed by atoms with Crippen LogP contribution in [0.1, 0.15) is 13.8 Å². The molecule has 2 heterocycles. The van der Waals surface area contributed by atoms with E-state index in [0.29, 0.717) is 6.04 Å². The minimum Gasteiger partial charge on any atom is -0.355 e. The smallest absolute Gasteiger partial charge is 0.193 e. The van der Waals surface area contributed by atoms with Gasteiger partial charge < -0.3 is 15.1 Å². The van der Waals surface area contributed by atoms with E-state index < -0.39 is 0 Å². The molecule has 2 aliphatic rings. The second-order valence-corrected chi connectivity index (χ2v) is 5.33. The first kappa shape index (κ1) is 13.6. The number of likely N-dealkylation sites (N-methyl/N-ethyl adjacent to an activating group) is 2. The van der Waals surface area contributed by atoms with Crippen LogP contribution in [0.3, 0.4) is 0 Å². The Kier molecular flexibility index (Phi) is 4.83. The molecule has 0 radical (unpaired) electrons. The topological polar surface area (TPSA) is 34.1 Å². The van der Waals surface area contributed by atoms with Crippen molar-refractivity contribution < 1.29 is 0 Å². The maximum atomic E-state index is 4.46. The van der Waals surface area contributed by atoms with E-state index in [9.17, 15) is 0 Å². The third kappa shape index (κ3) is 3.36. The zero-order valence-electron chi connectivity index (χ0n) is 12.0. The van der Waals surface area contributed by atoms with Crippen LogP contribution in [0.2, 0.25) is 0 Å². The van der Waals surface area contributed by atoms with Gasteiger partial charge in [0.15, 0.2) is 5.96 Å². The molecule has 0 bridgehead atoms. The van der Waals surface area contributed by atoms with Crippen molar-refractivity contribution in [3.05, 3.63) is 0 Å². The van der Waals surface area contributed by atoms with Crippen molar-refractivity contribution in [2.24, 2.45) is 4.99 Å². The molecule has 0 amide bonds. The number of aliphatic imine (C=N–C) groups is 1. The molecule has 5 nitrogen and oxygen atoms in total. The fraction of sp³-hybridized carbons (Fsp3) is 0.923. The molecule has 2 aliphatic heterocycles. The molecule has 0 spiro atoms. The highest BCUT2D eigenvalue weighted by Gasteiger charge is 2.21. The van der Waals surface area contributed by atoms with Crippen molar-refractivity contribution in [2.45, 2.75) is 19.9 Å². The van der Waals surface area contributed by atoms with Gasteiger partial charge in [0, 0.05) is 52.4 Å². The van der Waals surface area contributed by atoms with Gasteiger partial charge in [0.05, 0.1) is 6.54 Å². The van der Waals surface area contributed by atoms with E-state index in [1.165, 1.54) is 32.7 Å². The molecule has 2 rings (SSSR count). The van der Waals surface area contributed by atoms with Gasteiger partial charge in [-0.2, -0.15) is 0 Å². The van der Waals surface area contributed by atoms with Gasteiger partial charge in [-0.1, -0.05) is 6.92 Å². The number of nitrogens with zero attached hydrogens (tertiary/aromatic N) is 4. The summed E-state index contributed by atoms with van der Waals surface area (Å²) in [6.07, 6.45) is 0. The van der Waals surface area contributed by atoms with Crippen molar-refractivity contribution in [3.63, 3.8) is 0 Å². The van der Waals surface area contributed by atoms with Crippen LogP contribution in [0, 0.1) is 0 Å². The fourth-order valence-corrected chi connectivity index (χ4v) is 2.61. The van der Waals surface area contributed by atoms with Gasteiger partial charge in [0.1, 0.15) is 0 Å².